The molecule has 2 unspecified atom stereocenters. The molecule has 1 fully saturated rings. The summed E-state index contributed by atoms with van der Waals surface area (Å²) in [6, 6.07) is 9.82. The van der Waals surface area contributed by atoms with E-state index in [0.29, 0.717) is 12.1 Å². The van der Waals surface area contributed by atoms with E-state index in [1.165, 1.54) is 55.0 Å². The summed E-state index contributed by atoms with van der Waals surface area (Å²) in [5.74, 6) is 0.980. The average Bonchev–Trinajstić information content (AvgIpc) is 2.65. The second-order valence-electron chi connectivity index (χ2n) is 6.30. The fourth-order valence-electron chi connectivity index (χ4n) is 3.47. The first-order chi connectivity index (χ1) is 9.69. The molecule has 3 atom stereocenters. The van der Waals surface area contributed by atoms with E-state index in [0.717, 1.165) is 5.92 Å². The van der Waals surface area contributed by atoms with Crippen molar-refractivity contribution in [3.63, 3.8) is 0 Å². The van der Waals surface area contributed by atoms with Crippen LogP contribution in [0.3, 0.4) is 0 Å². The Morgan fingerprint density at radius 2 is 2.10 bits per heavy atom. The van der Waals surface area contributed by atoms with Gasteiger partial charge in [-0.25, -0.2) is 0 Å². The van der Waals surface area contributed by atoms with E-state index in [1.54, 1.807) is 0 Å². The van der Waals surface area contributed by atoms with Gasteiger partial charge < -0.3 is 5.32 Å². The lowest BCUT2D eigenvalue weighted by molar-refractivity contribution is 0.393. The number of rotatable bonds is 5. The topological polar surface area (TPSA) is 12.0 Å². The number of hydrogen-bond donors (Lipinski definition) is 1. The summed E-state index contributed by atoms with van der Waals surface area (Å²) in [6.07, 6.45) is 9.72. The van der Waals surface area contributed by atoms with Crippen LogP contribution in [0.1, 0.15) is 70.4 Å². The zero-order valence-corrected chi connectivity index (χ0v) is 14.5. The van der Waals surface area contributed by atoms with Crippen LogP contribution in [-0.4, -0.2) is 6.04 Å². The van der Waals surface area contributed by atoms with Gasteiger partial charge in [-0.05, 0) is 49.8 Å². The van der Waals surface area contributed by atoms with E-state index in [9.17, 15) is 0 Å². The van der Waals surface area contributed by atoms with Crippen LogP contribution in [-0.2, 0) is 0 Å². The summed E-state index contributed by atoms with van der Waals surface area (Å²) in [5, 5.41) is 3.84. The molecule has 1 aromatic carbocycles. The molecule has 0 heterocycles. The van der Waals surface area contributed by atoms with E-state index >= 15 is 0 Å². The summed E-state index contributed by atoms with van der Waals surface area (Å²) >= 11 is 3.57. The van der Waals surface area contributed by atoms with Crippen molar-refractivity contribution in [1.29, 1.82) is 0 Å². The van der Waals surface area contributed by atoms with Crippen LogP contribution in [0.4, 0.5) is 0 Å². The molecule has 0 amide bonds. The van der Waals surface area contributed by atoms with E-state index in [4.69, 9.17) is 0 Å². The molecule has 2 heteroatoms. The summed E-state index contributed by atoms with van der Waals surface area (Å²) in [7, 11) is 0. The Balaban J connectivity index is 1.86. The monoisotopic (exact) mass is 337 g/mol. The van der Waals surface area contributed by atoms with Crippen LogP contribution in [0, 0.1) is 5.92 Å². The van der Waals surface area contributed by atoms with Gasteiger partial charge in [0, 0.05) is 16.6 Å². The highest BCUT2D eigenvalue weighted by atomic mass is 79.9. The molecule has 2 rings (SSSR count). The van der Waals surface area contributed by atoms with Crippen LogP contribution in [0.5, 0.6) is 0 Å². The maximum Gasteiger partial charge on any atom is 0.0294 e. The lowest BCUT2D eigenvalue weighted by atomic mass is 9.95. The minimum Gasteiger partial charge on any atom is -0.307 e. The summed E-state index contributed by atoms with van der Waals surface area (Å²) < 4.78 is 1.17. The predicted octanol–water partition coefficient (Wildman–Crippen LogP) is 5.85. The van der Waals surface area contributed by atoms with Gasteiger partial charge in [0.15, 0.2) is 0 Å². The van der Waals surface area contributed by atoms with Gasteiger partial charge in [-0.1, -0.05) is 60.7 Å². The zero-order chi connectivity index (χ0) is 14.4. The maximum atomic E-state index is 3.84. The van der Waals surface area contributed by atoms with Crippen molar-refractivity contribution in [3.8, 4) is 0 Å². The number of hydrogen-bond acceptors (Lipinski definition) is 1. The van der Waals surface area contributed by atoms with Crippen LogP contribution >= 0.6 is 15.9 Å². The minimum atomic E-state index is 0.445. The van der Waals surface area contributed by atoms with Gasteiger partial charge in [-0.15, -0.1) is 0 Å². The molecular weight excluding hydrogens is 310 g/mol. The van der Waals surface area contributed by atoms with Gasteiger partial charge in [0.05, 0.1) is 0 Å². The molecule has 0 spiro atoms. The SMILES string of the molecule is CCCC1CCCC(N[C@H](C)c2cccc(Br)c2)CC1. The molecule has 0 aromatic heterocycles. The highest BCUT2D eigenvalue weighted by Crippen LogP contribution is 2.28. The second kappa shape index (κ2) is 8.19. The fraction of sp³-hybridized carbons (Fsp3) is 0.667. The Bertz CT molecular complexity index is 404. The van der Waals surface area contributed by atoms with E-state index in [2.05, 4.69) is 59.4 Å². The van der Waals surface area contributed by atoms with Gasteiger partial charge in [-0.3, -0.25) is 0 Å². The van der Waals surface area contributed by atoms with E-state index < -0.39 is 0 Å². The molecule has 1 saturated carbocycles. The lowest BCUT2D eigenvalue weighted by Crippen LogP contribution is -2.31. The highest BCUT2D eigenvalue weighted by molar-refractivity contribution is 9.10. The quantitative estimate of drug-likeness (QED) is 0.664. The van der Waals surface area contributed by atoms with Crippen LogP contribution in [0.25, 0.3) is 0 Å². The minimum absolute atomic E-state index is 0.445. The first kappa shape index (κ1) is 16.0. The molecule has 20 heavy (non-hydrogen) atoms. The van der Waals surface area contributed by atoms with Crippen molar-refractivity contribution in [2.45, 2.75) is 70.9 Å². The van der Waals surface area contributed by atoms with Crippen molar-refractivity contribution in [2.24, 2.45) is 5.92 Å². The van der Waals surface area contributed by atoms with E-state index in [-0.39, 0.29) is 0 Å². The Labute approximate surface area is 132 Å². The second-order valence-corrected chi connectivity index (χ2v) is 7.22. The molecule has 0 bridgehead atoms. The first-order valence-corrected chi connectivity index (χ1v) is 9.00. The highest BCUT2D eigenvalue weighted by Gasteiger charge is 2.19. The van der Waals surface area contributed by atoms with Crippen molar-refractivity contribution < 1.29 is 0 Å². The first-order valence-electron chi connectivity index (χ1n) is 8.20. The maximum absolute atomic E-state index is 3.84. The average molecular weight is 338 g/mol. The van der Waals surface area contributed by atoms with Gasteiger partial charge in [0.2, 0.25) is 0 Å². The molecular formula is C18H28BrN. The Morgan fingerprint density at radius 1 is 1.25 bits per heavy atom. The summed E-state index contributed by atoms with van der Waals surface area (Å²) in [4.78, 5) is 0. The van der Waals surface area contributed by atoms with Crippen LogP contribution in [0.2, 0.25) is 0 Å². The van der Waals surface area contributed by atoms with Crippen LogP contribution < -0.4 is 5.32 Å². The van der Waals surface area contributed by atoms with Crippen molar-refractivity contribution in [1.82, 2.24) is 5.32 Å². The molecule has 112 valence electrons. The zero-order valence-electron chi connectivity index (χ0n) is 12.9. The Hall–Kier alpha value is -0.340. The van der Waals surface area contributed by atoms with Crippen molar-refractivity contribution >= 4 is 15.9 Å². The van der Waals surface area contributed by atoms with Gasteiger partial charge >= 0.3 is 0 Å². The van der Waals surface area contributed by atoms with Gasteiger partial charge in [0.25, 0.3) is 0 Å². The third-order valence-corrected chi connectivity index (χ3v) is 5.11. The molecule has 1 aliphatic carbocycles. The normalized spacial score (nSPS) is 25.1. The number of nitrogens with one attached hydrogen (secondary N) is 1. The van der Waals surface area contributed by atoms with Gasteiger partial charge in [0.1, 0.15) is 0 Å². The van der Waals surface area contributed by atoms with Crippen molar-refractivity contribution in [3.05, 3.63) is 34.3 Å². The fourth-order valence-corrected chi connectivity index (χ4v) is 3.88. The summed E-state index contributed by atoms with van der Waals surface area (Å²) in [6.45, 7) is 4.60. The molecule has 1 nitrogen and oxygen atoms in total. The third kappa shape index (κ3) is 4.89. The molecule has 0 aliphatic heterocycles. The number of halogens is 1. The van der Waals surface area contributed by atoms with Crippen molar-refractivity contribution in [2.75, 3.05) is 0 Å². The number of benzene rings is 1. The molecule has 1 aromatic rings. The smallest absolute Gasteiger partial charge is 0.0294 e. The molecule has 1 N–H and O–H groups in total. The Morgan fingerprint density at radius 3 is 2.85 bits per heavy atom. The third-order valence-electron chi connectivity index (χ3n) is 4.62. The predicted molar refractivity (Wildman–Crippen MR) is 91.0 cm³/mol. The molecule has 0 saturated heterocycles. The molecule has 1 aliphatic rings. The molecule has 0 radical (unpaired) electrons. The van der Waals surface area contributed by atoms with Gasteiger partial charge in [-0.2, -0.15) is 0 Å². The summed E-state index contributed by atoms with van der Waals surface area (Å²) in [5.41, 5.74) is 1.38. The Kier molecular flexibility index (Phi) is 6.57. The lowest BCUT2D eigenvalue weighted by Gasteiger charge is -2.22. The van der Waals surface area contributed by atoms with Crippen LogP contribution in [0.15, 0.2) is 28.7 Å². The van der Waals surface area contributed by atoms with E-state index in [1.807, 2.05) is 0 Å². The largest absolute Gasteiger partial charge is 0.307 e. The standard InChI is InChI=1S/C18H28BrN/c1-3-6-15-7-4-10-18(12-11-15)20-14(2)16-8-5-9-17(19)13-16/h5,8-9,13-15,18,20H,3-4,6-7,10-12H2,1-2H3/t14-,15?,18?/m1/s1.